The summed E-state index contributed by atoms with van der Waals surface area (Å²) in [6, 6.07) is 10.0. The number of pyridine rings is 2. The summed E-state index contributed by atoms with van der Waals surface area (Å²) in [7, 11) is 5.08. The molecule has 7 nitrogen and oxygen atoms in total. The second-order valence-corrected chi connectivity index (χ2v) is 9.50. The van der Waals surface area contributed by atoms with Crippen molar-refractivity contribution >= 4 is 28.2 Å². The fourth-order valence-corrected chi connectivity index (χ4v) is 4.78. The number of fused-ring (bicyclic) bond motifs is 1. The summed E-state index contributed by atoms with van der Waals surface area (Å²) in [6.07, 6.45) is 5.78. The van der Waals surface area contributed by atoms with Crippen molar-refractivity contribution in [3.05, 3.63) is 83.3 Å². The van der Waals surface area contributed by atoms with Crippen LogP contribution >= 0.6 is 0 Å². The number of carbonyl (C=O) groups excluding carboxylic acids is 1. The lowest BCUT2D eigenvalue weighted by Crippen LogP contribution is -2.29. The summed E-state index contributed by atoms with van der Waals surface area (Å²) >= 11 is 0. The highest BCUT2D eigenvalue weighted by Crippen LogP contribution is 2.31. The smallest absolute Gasteiger partial charge is 0.253 e. The Bertz CT molecular complexity index is 1500. The number of anilines is 1. The van der Waals surface area contributed by atoms with Crippen LogP contribution in [0, 0.1) is 11.6 Å². The molecular formula is C28H28F2N6O. The Hall–Kier alpha value is -4.11. The lowest BCUT2D eigenvalue weighted by molar-refractivity contribution is 0.0826. The number of nitrogens with zero attached hydrogens (tertiary/aromatic N) is 5. The average molecular weight is 503 g/mol. The van der Waals surface area contributed by atoms with Crippen molar-refractivity contribution in [3.63, 3.8) is 0 Å². The Kier molecular flexibility index (Phi) is 6.47. The van der Waals surface area contributed by atoms with Crippen molar-refractivity contribution in [3.8, 4) is 11.3 Å². The Morgan fingerprint density at radius 3 is 2.49 bits per heavy atom. The van der Waals surface area contributed by atoms with Gasteiger partial charge in [-0.3, -0.25) is 14.7 Å². The number of aromatic nitrogens is 3. The normalized spacial score (nSPS) is 14.1. The van der Waals surface area contributed by atoms with E-state index in [4.69, 9.17) is 5.73 Å². The second kappa shape index (κ2) is 9.74. The molecule has 0 radical (unpaired) electrons. The quantitative estimate of drug-likeness (QED) is 0.435. The van der Waals surface area contributed by atoms with Crippen LogP contribution in [0.25, 0.3) is 27.9 Å². The van der Waals surface area contributed by atoms with Gasteiger partial charge in [0.1, 0.15) is 17.3 Å². The molecule has 1 amide bonds. The van der Waals surface area contributed by atoms with Crippen LogP contribution in [-0.2, 0) is 13.6 Å². The van der Waals surface area contributed by atoms with Gasteiger partial charge in [0, 0.05) is 74.7 Å². The van der Waals surface area contributed by atoms with Gasteiger partial charge >= 0.3 is 0 Å². The standard InChI is InChI=1S/C28H28F2N6O/c1-34(2)28(37)18-12-23(29)26(24(30)13-18)17-7-10-36(11-8-17)16-20-14-22-21(6-9-32-27(22)35(20)3)25-5-4-19(31)15-33-25/h4-7,9,12-15H,8,10-11,16,31H2,1-3H3. The van der Waals surface area contributed by atoms with Gasteiger partial charge in [-0.2, -0.15) is 0 Å². The van der Waals surface area contributed by atoms with Gasteiger partial charge in [-0.25, -0.2) is 13.8 Å². The highest BCUT2D eigenvalue weighted by Gasteiger charge is 2.23. The van der Waals surface area contributed by atoms with E-state index in [1.54, 1.807) is 26.5 Å². The maximum atomic E-state index is 14.8. The monoisotopic (exact) mass is 502 g/mol. The number of hydrogen-bond donors (Lipinski definition) is 1. The largest absolute Gasteiger partial charge is 0.397 e. The van der Waals surface area contributed by atoms with E-state index in [-0.39, 0.29) is 11.1 Å². The Balaban J connectivity index is 1.37. The first-order valence-electron chi connectivity index (χ1n) is 12.0. The highest BCUT2D eigenvalue weighted by atomic mass is 19.1. The van der Waals surface area contributed by atoms with Crippen LogP contribution in [0.15, 0.2) is 54.9 Å². The third-order valence-electron chi connectivity index (χ3n) is 6.79. The number of carbonyl (C=O) groups is 1. The lowest BCUT2D eigenvalue weighted by Gasteiger charge is -2.27. The van der Waals surface area contributed by atoms with E-state index in [9.17, 15) is 13.6 Å². The van der Waals surface area contributed by atoms with E-state index >= 15 is 0 Å². The number of hydrogen-bond acceptors (Lipinski definition) is 5. The summed E-state index contributed by atoms with van der Waals surface area (Å²) in [4.78, 5) is 24.7. The van der Waals surface area contributed by atoms with E-state index < -0.39 is 17.5 Å². The molecule has 1 aromatic carbocycles. The molecule has 0 saturated heterocycles. The van der Waals surface area contributed by atoms with Crippen molar-refractivity contribution in [2.24, 2.45) is 7.05 Å². The van der Waals surface area contributed by atoms with Crippen molar-refractivity contribution < 1.29 is 13.6 Å². The minimum absolute atomic E-state index is 0.000269. The first-order valence-corrected chi connectivity index (χ1v) is 12.0. The molecule has 0 aliphatic carbocycles. The zero-order chi connectivity index (χ0) is 26.3. The first kappa shape index (κ1) is 24.6. The predicted octanol–water partition coefficient (Wildman–Crippen LogP) is 4.49. The summed E-state index contributed by atoms with van der Waals surface area (Å²) in [5.74, 6) is -1.87. The zero-order valence-corrected chi connectivity index (χ0v) is 21.0. The van der Waals surface area contributed by atoms with Gasteiger partial charge in [-0.15, -0.1) is 0 Å². The molecule has 0 saturated carbocycles. The summed E-state index contributed by atoms with van der Waals surface area (Å²) < 4.78 is 31.8. The fourth-order valence-electron chi connectivity index (χ4n) is 4.78. The Morgan fingerprint density at radius 1 is 1.11 bits per heavy atom. The molecule has 0 spiro atoms. The summed E-state index contributed by atoms with van der Waals surface area (Å²) in [5.41, 5.74) is 10.7. The van der Waals surface area contributed by atoms with Gasteiger partial charge in [0.05, 0.1) is 17.6 Å². The van der Waals surface area contributed by atoms with Crippen molar-refractivity contribution in [1.82, 2.24) is 24.3 Å². The van der Waals surface area contributed by atoms with Gasteiger partial charge in [-0.05, 0) is 48.4 Å². The number of benzene rings is 1. The lowest BCUT2D eigenvalue weighted by atomic mass is 9.96. The average Bonchev–Trinajstić information content (AvgIpc) is 3.19. The molecule has 1 aliphatic heterocycles. The van der Waals surface area contributed by atoms with Crippen LogP contribution in [0.3, 0.4) is 0 Å². The SMILES string of the molecule is CN(C)C(=O)c1cc(F)c(C2=CCN(Cc3cc4c(-c5ccc(N)cn5)ccnc4n3C)CC2)c(F)c1. The second-order valence-electron chi connectivity index (χ2n) is 9.50. The molecule has 0 unspecified atom stereocenters. The van der Waals surface area contributed by atoms with Crippen LogP contribution in [0.1, 0.15) is 28.0 Å². The van der Waals surface area contributed by atoms with Crippen molar-refractivity contribution in [2.45, 2.75) is 13.0 Å². The topological polar surface area (TPSA) is 80.3 Å². The van der Waals surface area contributed by atoms with Gasteiger partial charge in [0.25, 0.3) is 5.91 Å². The molecule has 0 fully saturated rings. The zero-order valence-electron chi connectivity index (χ0n) is 21.0. The van der Waals surface area contributed by atoms with Crippen molar-refractivity contribution in [1.29, 1.82) is 0 Å². The molecule has 1 aliphatic rings. The van der Waals surface area contributed by atoms with E-state index in [2.05, 4.69) is 25.5 Å². The number of aryl methyl sites for hydroxylation is 1. The number of rotatable bonds is 5. The number of nitrogen functional groups attached to an aromatic ring is 1. The fraction of sp³-hybridized carbons (Fsp3) is 0.250. The van der Waals surface area contributed by atoms with Gasteiger partial charge in [0.15, 0.2) is 0 Å². The highest BCUT2D eigenvalue weighted by molar-refractivity contribution is 5.94. The maximum Gasteiger partial charge on any atom is 0.253 e. The minimum Gasteiger partial charge on any atom is -0.397 e. The first-order chi connectivity index (χ1) is 17.7. The molecule has 4 heterocycles. The molecule has 4 aromatic rings. The Labute approximate surface area is 213 Å². The number of halogens is 2. The van der Waals surface area contributed by atoms with Crippen LogP contribution < -0.4 is 5.73 Å². The molecule has 9 heteroatoms. The molecule has 2 N–H and O–H groups in total. The van der Waals surface area contributed by atoms with Crippen LogP contribution in [0.5, 0.6) is 0 Å². The van der Waals surface area contributed by atoms with E-state index in [0.29, 0.717) is 37.3 Å². The maximum absolute atomic E-state index is 14.8. The molecule has 5 rings (SSSR count). The third kappa shape index (κ3) is 4.70. The number of amides is 1. The van der Waals surface area contributed by atoms with E-state index in [0.717, 1.165) is 40.1 Å². The van der Waals surface area contributed by atoms with Crippen molar-refractivity contribution in [2.75, 3.05) is 32.9 Å². The van der Waals surface area contributed by atoms with Crippen LogP contribution in [0.4, 0.5) is 14.5 Å². The molecule has 0 atom stereocenters. The molecule has 0 bridgehead atoms. The Morgan fingerprint density at radius 2 is 1.86 bits per heavy atom. The van der Waals surface area contributed by atoms with Gasteiger partial charge < -0.3 is 15.2 Å². The molecular weight excluding hydrogens is 474 g/mol. The third-order valence-corrected chi connectivity index (χ3v) is 6.79. The van der Waals surface area contributed by atoms with Crippen LogP contribution in [0.2, 0.25) is 0 Å². The van der Waals surface area contributed by atoms with Crippen LogP contribution in [-0.4, -0.2) is 57.4 Å². The van der Waals surface area contributed by atoms with E-state index in [1.807, 2.05) is 31.3 Å². The molecule has 190 valence electrons. The van der Waals surface area contributed by atoms with Gasteiger partial charge in [-0.1, -0.05) is 6.08 Å². The summed E-state index contributed by atoms with van der Waals surface area (Å²) in [5, 5.41) is 1.00. The predicted molar refractivity (Wildman–Crippen MR) is 141 cm³/mol. The molecule has 37 heavy (non-hydrogen) atoms. The molecule has 3 aromatic heterocycles. The summed E-state index contributed by atoms with van der Waals surface area (Å²) in [6.45, 7) is 1.85. The van der Waals surface area contributed by atoms with E-state index in [1.165, 1.54) is 4.90 Å². The van der Waals surface area contributed by atoms with Gasteiger partial charge in [0.2, 0.25) is 0 Å². The number of nitrogens with two attached hydrogens (primary N) is 1. The minimum atomic E-state index is -0.714.